The third kappa shape index (κ3) is 4.34. The van der Waals surface area contributed by atoms with E-state index in [9.17, 15) is 4.79 Å². The van der Waals surface area contributed by atoms with Crippen LogP contribution in [-0.2, 0) is 4.79 Å². The van der Waals surface area contributed by atoms with E-state index in [1.807, 2.05) is 31.2 Å². The second kappa shape index (κ2) is 7.85. The highest BCUT2D eigenvalue weighted by atomic mass is 16.5. The van der Waals surface area contributed by atoms with Gasteiger partial charge in [0.05, 0.1) is 6.61 Å². The Kier molecular flexibility index (Phi) is 5.83. The summed E-state index contributed by atoms with van der Waals surface area (Å²) in [5, 5.41) is 3.18. The SMILES string of the molecule is CCOc1ccccc1OCCN1CCNCC1C(N)=O. The predicted octanol–water partition coefficient (Wildman–Crippen LogP) is 0.223. The van der Waals surface area contributed by atoms with E-state index in [0.717, 1.165) is 24.6 Å². The summed E-state index contributed by atoms with van der Waals surface area (Å²) in [4.78, 5) is 13.5. The Morgan fingerprint density at radius 1 is 1.38 bits per heavy atom. The van der Waals surface area contributed by atoms with Crippen LogP contribution in [0.1, 0.15) is 6.92 Å². The highest BCUT2D eigenvalue weighted by Gasteiger charge is 2.26. The van der Waals surface area contributed by atoms with Gasteiger partial charge in [0.15, 0.2) is 11.5 Å². The number of amides is 1. The van der Waals surface area contributed by atoms with Crippen molar-refractivity contribution in [3.8, 4) is 11.5 Å². The molecule has 0 aliphatic carbocycles. The van der Waals surface area contributed by atoms with Crippen LogP contribution in [0.3, 0.4) is 0 Å². The summed E-state index contributed by atoms with van der Waals surface area (Å²) in [6, 6.07) is 7.33. The summed E-state index contributed by atoms with van der Waals surface area (Å²) >= 11 is 0. The van der Waals surface area contributed by atoms with E-state index in [1.165, 1.54) is 0 Å². The minimum atomic E-state index is -0.295. The average Bonchev–Trinajstić information content (AvgIpc) is 2.49. The molecule has 1 heterocycles. The summed E-state index contributed by atoms with van der Waals surface area (Å²) in [6.45, 7) is 5.95. The van der Waals surface area contributed by atoms with Crippen LogP contribution in [0.5, 0.6) is 11.5 Å². The number of nitrogens with one attached hydrogen (secondary N) is 1. The van der Waals surface area contributed by atoms with Crippen molar-refractivity contribution < 1.29 is 14.3 Å². The third-order valence-corrected chi connectivity index (χ3v) is 3.47. The molecule has 116 valence electrons. The van der Waals surface area contributed by atoms with Crippen LogP contribution in [0, 0.1) is 0 Å². The van der Waals surface area contributed by atoms with E-state index in [-0.39, 0.29) is 11.9 Å². The maximum atomic E-state index is 11.4. The Morgan fingerprint density at radius 3 is 2.76 bits per heavy atom. The molecule has 0 radical (unpaired) electrons. The normalized spacial score (nSPS) is 19.2. The quantitative estimate of drug-likeness (QED) is 0.752. The molecule has 6 heteroatoms. The van der Waals surface area contributed by atoms with E-state index >= 15 is 0 Å². The lowest BCUT2D eigenvalue weighted by Gasteiger charge is -2.33. The standard InChI is InChI=1S/C15H23N3O3/c1-2-20-13-5-3-4-6-14(13)21-10-9-18-8-7-17-11-12(18)15(16)19/h3-6,12,17H,2,7-11H2,1H3,(H2,16,19). The zero-order valence-electron chi connectivity index (χ0n) is 12.4. The summed E-state index contributed by atoms with van der Waals surface area (Å²) < 4.78 is 11.3. The van der Waals surface area contributed by atoms with Crippen LogP contribution in [0.25, 0.3) is 0 Å². The molecule has 1 amide bonds. The lowest BCUT2D eigenvalue weighted by Crippen LogP contribution is -2.57. The zero-order valence-corrected chi connectivity index (χ0v) is 12.4. The molecule has 1 aliphatic heterocycles. The minimum absolute atomic E-state index is 0.260. The Morgan fingerprint density at radius 2 is 2.10 bits per heavy atom. The van der Waals surface area contributed by atoms with Gasteiger partial charge >= 0.3 is 0 Å². The molecular formula is C15H23N3O3. The number of carbonyl (C=O) groups excluding carboxylic acids is 1. The summed E-state index contributed by atoms with van der Waals surface area (Å²) in [7, 11) is 0. The van der Waals surface area contributed by atoms with Crippen molar-refractivity contribution in [1.29, 1.82) is 0 Å². The van der Waals surface area contributed by atoms with Crippen molar-refractivity contribution in [3.05, 3.63) is 24.3 Å². The molecule has 1 saturated heterocycles. The van der Waals surface area contributed by atoms with Crippen molar-refractivity contribution in [1.82, 2.24) is 10.2 Å². The van der Waals surface area contributed by atoms with Gasteiger partial charge in [0.2, 0.25) is 5.91 Å². The molecule has 1 unspecified atom stereocenters. The van der Waals surface area contributed by atoms with Gasteiger partial charge in [-0.1, -0.05) is 12.1 Å². The molecule has 0 spiro atoms. The number of hydrogen-bond acceptors (Lipinski definition) is 5. The Balaban J connectivity index is 1.87. The van der Waals surface area contributed by atoms with Crippen molar-refractivity contribution in [2.45, 2.75) is 13.0 Å². The highest BCUT2D eigenvalue weighted by Crippen LogP contribution is 2.26. The number of piperazine rings is 1. The first-order valence-corrected chi connectivity index (χ1v) is 7.31. The van der Waals surface area contributed by atoms with Gasteiger partial charge in [-0.05, 0) is 19.1 Å². The van der Waals surface area contributed by atoms with E-state index in [4.69, 9.17) is 15.2 Å². The maximum absolute atomic E-state index is 11.4. The number of nitrogens with two attached hydrogens (primary N) is 1. The Bertz CT molecular complexity index is 467. The lowest BCUT2D eigenvalue weighted by molar-refractivity contribution is -0.123. The van der Waals surface area contributed by atoms with E-state index < -0.39 is 0 Å². The Labute approximate surface area is 125 Å². The number of para-hydroxylation sites is 2. The maximum Gasteiger partial charge on any atom is 0.236 e. The molecule has 0 saturated carbocycles. The molecular weight excluding hydrogens is 270 g/mol. The molecule has 3 N–H and O–H groups in total. The molecule has 1 fully saturated rings. The molecule has 1 aliphatic rings. The minimum Gasteiger partial charge on any atom is -0.490 e. The third-order valence-electron chi connectivity index (χ3n) is 3.47. The number of benzene rings is 1. The van der Waals surface area contributed by atoms with Gasteiger partial charge < -0.3 is 20.5 Å². The number of nitrogens with zero attached hydrogens (tertiary/aromatic N) is 1. The predicted molar refractivity (Wildman–Crippen MR) is 80.5 cm³/mol. The molecule has 21 heavy (non-hydrogen) atoms. The molecule has 1 atom stereocenters. The van der Waals surface area contributed by atoms with Crippen LogP contribution in [0.15, 0.2) is 24.3 Å². The summed E-state index contributed by atoms with van der Waals surface area (Å²) in [6.07, 6.45) is 0. The van der Waals surface area contributed by atoms with Crippen molar-refractivity contribution >= 4 is 5.91 Å². The molecule has 1 aromatic carbocycles. The first kappa shape index (κ1) is 15.6. The van der Waals surface area contributed by atoms with Crippen molar-refractivity contribution in [2.75, 3.05) is 39.4 Å². The van der Waals surface area contributed by atoms with Crippen LogP contribution in [0.2, 0.25) is 0 Å². The van der Waals surface area contributed by atoms with Gasteiger partial charge in [-0.2, -0.15) is 0 Å². The van der Waals surface area contributed by atoms with Crippen molar-refractivity contribution in [3.63, 3.8) is 0 Å². The van der Waals surface area contributed by atoms with Gasteiger partial charge in [0.25, 0.3) is 0 Å². The zero-order chi connectivity index (χ0) is 15.1. The van der Waals surface area contributed by atoms with Crippen LogP contribution < -0.4 is 20.5 Å². The lowest BCUT2D eigenvalue weighted by atomic mass is 10.2. The van der Waals surface area contributed by atoms with E-state index in [0.29, 0.717) is 26.3 Å². The highest BCUT2D eigenvalue weighted by molar-refractivity contribution is 5.80. The Hall–Kier alpha value is -1.79. The summed E-state index contributed by atoms with van der Waals surface area (Å²) in [5.74, 6) is 1.17. The molecule has 1 aromatic rings. The first-order valence-electron chi connectivity index (χ1n) is 7.31. The van der Waals surface area contributed by atoms with Crippen LogP contribution >= 0.6 is 0 Å². The van der Waals surface area contributed by atoms with Gasteiger partial charge in [0.1, 0.15) is 12.6 Å². The van der Waals surface area contributed by atoms with E-state index in [1.54, 1.807) is 0 Å². The fourth-order valence-corrected chi connectivity index (χ4v) is 2.41. The van der Waals surface area contributed by atoms with Crippen molar-refractivity contribution in [2.24, 2.45) is 5.73 Å². The number of ether oxygens (including phenoxy) is 2. The largest absolute Gasteiger partial charge is 0.490 e. The van der Waals surface area contributed by atoms with Gasteiger partial charge in [0, 0.05) is 26.2 Å². The topological polar surface area (TPSA) is 76.8 Å². The molecule has 0 bridgehead atoms. The number of primary amides is 1. The second-order valence-corrected chi connectivity index (χ2v) is 4.89. The fraction of sp³-hybridized carbons (Fsp3) is 0.533. The average molecular weight is 293 g/mol. The van der Waals surface area contributed by atoms with Crippen LogP contribution in [-0.4, -0.2) is 56.2 Å². The summed E-state index contributed by atoms with van der Waals surface area (Å²) in [5.41, 5.74) is 5.42. The first-order chi connectivity index (χ1) is 10.2. The van der Waals surface area contributed by atoms with Gasteiger partial charge in [-0.15, -0.1) is 0 Å². The second-order valence-electron chi connectivity index (χ2n) is 4.89. The molecule has 2 rings (SSSR count). The number of carbonyl (C=O) groups is 1. The van der Waals surface area contributed by atoms with Gasteiger partial charge in [-0.3, -0.25) is 9.69 Å². The van der Waals surface area contributed by atoms with Gasteiger partial charge in [-0.25, -0.2) is 0 Å². The van der Waals surface area contributed by atoms with E-state index in [2.05, 4.69) is 10.2 Å². The smallest absolute Gasteiger partial charge is 0.236 e. The fourth-order valence-electron chi connectivity index (χ4n) is 2.41. The molecule has 6 nitrogen and oxygen atoms in total. The monoisotopic (exact) mass is 293 g/mol. The molecule has 0 aromatic heterocycles. The number of rotatable bonds is 7. The number of hydrogen-bond donors (Lipinski definition) is 2. The van der Waals surface area contributed by atoms with Crippen LogP contribution in [0.4, 0.5) is 0 Å².